The van der Waals surface area contributed by atoms with Gasteiger partial charge in [0.1, 0.15) is 5.75 Å². The number of hydrogen-bond donors (Lipinski definition) is 0. The van der Waals surface area contributed by atoms with Crippen LogP contribution in [-0.2, 0) is 16.1 Å². The standard InChI is InChI=1S/C22H25ClN2O3/c1-27-19-7-5-18(6-8-19)25-11-12-28-21-9-10-24(15-20(21)22(25)26)14-16-3-2-4-17(23)13-16/h2-8,13,20-21H,9-12,14-15H2,1H3. The van der Waals surface area contributed by atoms with E-state index in [1.165, 1.54) is 5.56 Å². The van der Waals surface area contributed by atoms with Crippen LogP contribution in [0, 0.1) is 5.92 Å². The van der Waals surface area contributed by atoms with E-state index in [1.807, 2.05) is 47.4 Å². The summed E-state index contributed by atoms with van der Waals surface area (Å²) >= 11 is 6.12. The number of carbonyl (C=O) groups excluding carboxylic acids is 1. The van der Waals surface area contributed by atoms with E-state index < -0.39 is 0 Å². The number of nitrogens with zero attached hydrogens (tertiary/aromatic N) is 2. The van der Waals surface area contributed by atoms with Crippen molar-refractivity contribution >= 4 is 23.2 Å². The molecule has 0 saturated carbocycles. The minimum Gasteiger partial charge on any atom is -0.497 e. The Morgan fingerprint density at radius 3 is 2.75 bits per heavy atom. The molecule has 2 heterocycles. The Bertz CT molecular complexity index is 827. The molecule has 2 fully saturated rings. The molecule has 0 bridgehead atoms. The molecule has 5 nitrogen and oxygen atoms in total. The number of methoxy groups -OCH3 is 1. The predicted molar refractivity (Wildman–Crippen MR) is 110 cm³/mol. The number of rotatable bonds is 4. The van der Waals surface area contributed by atoms with Crippen LogP contribution >= 0.6 is 11.6 Å². The molecule has 2 unspecified atom stereocenters. The third-order valence-corrected chi connectivity index (χ3v) is 5.78. The van der Waals surface area contributed by atoms with Gasteiger partial charge < -0.3 is 14.4 Å². The van der Waals surface area contributed by atoms with Crippen LogP contribution in [0.5, 0.6) is 5.75 Å². The van der Waals surface area contributed by atoms with Gasteiger partial charge in [-0.3, -0.25) is 9.69 Å². The summed E-state index contributed by atoms with van der Waals surface area (Å²) in [5.41, 5.74) is 2.06. The number of likely N-dealkylation sites (tertiary alicyclic amines) is 1. The molecule has 0 radical (unpaired) electrons. The Kier molecular flexibility index (Phi) is 5.85. The molecular formula is C22H25ClN2O3. The maximum Gasteiger partial charge on any atom is 0.234 e. The van der Waals surface area contributed by atoms with E-state index in [2.05, 4.69) is 11.0 Å². The lowest BCUT2D eigenvalue weighted by atomic mass is 9.92. The quantitative estimate of drug-likeness (QED) is 0.786. The Balaban J connectivity index is 1.49. The lowest BCUT2D eigenvalue weighted by molar-refractivity contribution is -0.128. The number of halogens is 1. The fraction of sp³-hybridized carbons (Fsp3) is 0.409. The van der Waals surface area contributed by atoms with Gasteiger partial charge in [-0.05, 0) is 48.4 Å². The van der Waals surface area contributed by atoms with Gasteiger partial charge in [-0.2, -0.15) is 0 Å². The minimum absolute atomic E-state index is 0.00800. The van der Waals surface area contributed by atoms with Gasteiger partial charge in [0.25, 0.3) is 0 Å². The maximum atomic E-state index is 13.4. The SMILES string of the molecule is COc1ccc(N2CCOC3CCN(Cc4cccc(Cl)c4)CC3C2=O)cc1. The summed E-state index contributed by atoms with van der Waals surface area (Å²) in [6.45, 7) is 3.55. The van der Waals surface area contributed by atoms with Crippen molar-refractivity contribution in [2.45, 2.75) is 19.1 Å². The summed E-state index contributed by atoms with van der Waals surface area (Å²) in [6.07, 6.45) is 0.860. The second kappa shape index (κ2) is 8.52. The van der Waals surface area contributed by atoms with Gasteiger partial charge in [0, 0.05) is 36.9 Å². The molecule has 0 N–H and O–H groups in total. The van der Waals surface area contributed by atoms with Crippen molar-refractivity contribution < 1.29 is 14.3 Å². The summed E-state index contributed by atoms with van der Waals surface area (Å²) < 4.78 is 11.3. The van der Waals surface area contributed by atoms with Crippen LogP contribution in [0.3, 0.4) is 0 Å². The van der Waals surface area contributed by atoms with Crippen molar-refractivity contribution in [1.82, 2.24) is 4.90 Å². The Morgan fingerprint density at radius 1 is 1.18 bits per heavy atom. The van der Waals surface area contributed by atoms with E-state index in [-0.39, 0.29) is 17.9 Å². The normalized spacial score (nSPS) is 23.2. The number of hydrogen-bond acceptors (Lipinski definition) is 4. The first-order chi connectivity index (χ1) is 13.6. The highest BCUT2D eigenvalue weighted by molar-refractivity contribution is 6.30. The fourth-order valence-corrected chi connectivity index (χ4v) is 4.31. The second-order valence-electron chi connectivity index (χ2n) is 7.36. The molecule has 2 aromatic carbocycles. The monoisotopic (exact) mass is 400 g/mol. The summed E-state index contributed by atoms with van der Waals surface area (Å²) in [5.74, 6) is 0.770. The molecule has 148 valence electrons. The molecule has 2 saturated heterocycles. The molecule has 6 heteroatoms. The number of benzene rings is 2. The lowest BCUT2D eigenvalue weighted by Crippen LogP contribution is -2.49. The maximum absolute atomic E-state index is 13.4. The van der Waals surface area contributed by atoms with E-state index in [1.54, 1.807) is 7.11 Å². The number of piperidine rings is 1. The highest BCUT2D eigenvalue weighted by atomic mass is 35.5. The predicted octanol–water partition coefficient (Wildman–Crippen LogP) is 3.60. The fourth-order valence-electron chi connectivity index (χ4n) is 4.10. The summed E-state index contributed by atoms with van der Waals surface area (Å²) in [5, 5.41) is 0.743. The minimum atomic E-state index is -0.155. The van der Waals surface area contributed by atoms with Crippen molar-refractivity contribution in [3.05, 3.63) is 59.1 Å². The molecule has 2 aromatic rings. The van der Waals surface area contributed by atoms with Gasteiger partial charge in [0.15, 0.2) is 0 Å². The molecule has 2 aliphatic rings. The molecule has 0 spiro atoms. The highest BCUT2D eigenvalue weighted by Gasteiger charge is 2.39. The van der Waals surface area contributed by atoms with Gasteiger partial charge in [-0.1, -0.05) is 23.7 Å². The van der Waals surface area contributed by atoms with Gasteiger partial charge in [-0.15, -0.1) is 0 Å². The Labute approximate surface area is 170 Å². The van der Waals surface area contributed by atoms with E-state index in [9.17, 15) is 4.79 Å². The van der Waals surface area contributed by atoms with Gasteiger partial charge in [0.2, 0.25) is 5.91 Å². The van der Waals surface area contributed by atoms with Crippen molar-refractivity contribution in [3.8, 4) is 5.75 Å². The van der Waals surface area contributed by atoms with E-state index in [0.29, 0.717) is 19.7 Å². The van der Waals surface area contributed by atoms with Crippen molar-refractivity contribution in [2.75, 3.05) is 38.3 Å². The number of ether oxygens (including phenoxy) is 2. The lowest BCUT2D eigenvalue weighted by Gasteiger charge is -2.37. The van der Waals surface area contributed by atoms with Gasteiger partial charge >= 0.3 is 0 Å². The summed E-state index contributed by atoms with van der Waals surface area (Å²) in [6, 6.07) is 15.6. The summed E-state index contributed by atoms with van der Waals surface area (Å²) in [4.78, 5) is 17.5. The van der Waals surface area contributed by atoms with Gasteiger partial charge in [0.05, 0.1) is 25.7 Å². The smallest absolute Gasteiger partial charge is 0.234 e. The second-order valence-corrected chi connectivity index (χ2v) is 7.79. The topological polar surface area (TPSA) is 42.0 Å². The third kappa shape index (κ3) is 4.17. The number of anilines is 1. The average molecular weight is 401 g/mol. The molecule has 0 aromatic heterocycles. The summed E-state index contributed by atoms with van der Waals surface area (Å²) in [7, 11) is 1.64. The number of fused-ring (bicyclic) bond motifs is 1. The van der Waals surface area contributed by atoms with Crippen LogP contribution < -0.4 is 9.64 Å². The number of carbonyl (C=O) groups is 1. The van der Waals surface area contributed by atoms with Crippen molar-refractivity contribution in [2.24, 2.45) is 5.92 Å². The zero-order valence-electron chi connectivity index (χ0n) is 16.0. The van der Waals surface area contributed by atoms with Crippen LogP contribution in [0.25, 0.3) is 0 Å². The Morgan fingerprint density at radius 2 is 2.00 bits per heavy atom. The first-order valence-electron chi connectivity index (χ1n) is 9.68. The van der Waals surface area contributed by atoms with E-state index in [0.717, 1.165) is 36.0 Å². The van der Waals surface area contributed by atoms with Gasteiger partial charge in [-0.25, -0.2) is 0 Å². The third-order valence-electron chi connectivity index (χ3n) is 5.54. The number of amides is 1. The zero-order valence-corrected chi connectivity index (χ0v) is 16.8. The van der Waals surface area contributed by atoms with E-state index in [4.69, 9.17) is 21.1 Å². The Hall–Kier alpha value is -2.08. The molecular weight excluding hydrogens is 376 g/mol. The average Bonchev–Trinajstić information content (AvgIpc) is 2.87. The first-order valence-corrected chi connectivity index (χ1v) is 10.1. The van der Waals surface area contributed by atoms with Crippen LogP contribution in [-0.4, -0.2) is 50.3 Å². The molecule has 4 rings (SSSR count). The van der Waals surface area contributed by atoms with Crippen molar-refractivity contribution in [3.63, 3.8) is 0 Å². The largest absolute Gasteiger partial charge is 0.497 e. The molecule has 1 amide bonds. The molecule has 2 aliphatic heterocycles. The van der Waals surface area contributed by atoms with Crippen LogP contribution in [0.15, 0.2) is 48.5 Å². The highest BCUT2D eigenvalue weighted by Crippen LogP contribution is 2.29. The van der Waals surface area contributed by atoms with Crippen molar-refractivity contribution in [1.29, 1.82) is 0 Å². The molecule has 28 heavy (non-hydrogen) atoms. The molecule has 2 atom stereocenters. The zero-order chi connectivity index (χ0) is 19.5. The van der Waals surface area contributed by atoms with E-state index >= 15 is 0 Å². The van der Waals surface area contributed by atoms with Crippen LogP contribution in [0.1, 0.15) is 12.0 Å². The van der Waals surface area contributed by atoms with Crippen LogP contribution in [0.2, 0.25) is 5.02 Å². The molecule has 0 aliphatic carbocycles. The first kappa shape index (κ1) is 19.2. The van der Waals surface area contributed by atoms with Crippen LogP contribution in [0.4, 0.5) is 5.69 Å².